The van der Waals surface area contributed by atoms with E-state index in [1.165, 1.54) is 11.1 Å². The van der Waals surface area contributed by atoms with Gasteiger partial charge in [-0.05, 0) is 43.1 Å². The molecule has 7 heteroatoms. The van der Waals surface area contributed by atoms with Crippen LogP contribution in [0.25, 0.3) is 11.0 Å². The Morgan fingerprint density at radius 1 is 1.14 bits per heavy atom. The van der Waals surface area contributed by atoms with Crippen molar-refractivity contribution < 1.29 is 9.32 Å². The lowest BCUT2D eigenvalue weighted by Crippen LogP contribution is -2.33. The molecule has 0 aliphatic carbocycles. The summed E-state index contributed by atoms with van der Waals surface area (Å²) in [5.74, 6) is 1.15. The molecule has 0 radical (unpaired) electrons. The van der Waals surface area contributed by atoms with Crippen molar-refractivity contribution in [2.75, 3.05) is 26.7 Å². The van der Waals surface area contributed by atoms with Crippen LogP contribution in [-0.2, 0) is 0 Å². The molecule has 3 atom stereocenters. The van der Waals surface area contributed by atoms with Gasteiger partial charge in [0.1, 0.15) is 0 Å². The van der Waals surface area contributed by atoms with Gasteiger partial charge in [0.05, 0.1) is 5.39 Å². The number of carbonyl (C=O) groups excluding carboxylic acids is 1. The van der Waals surface area contributed by atoms with Crippen molar-refractivity contribution in [3.63, 3.8) is 0 Å². The van der Waals surface area contributed by atoms with Crippen LogP contribution in [0.1, 0.15) is 27.7 Å². The number of hydrogen-bond donors (Lipinski definition) is 0. The van der Waals surface area contributed by atoms with Gasteiger partial charge in [-0.1, -0.05) is 29.4 Å². The van der Waals surface area contributed by atoms with E-state index in [9.17, 15) is 4.79 Å². The van der Waals surface area contributed by atoms with Crippen LogP contribution in [0.2, 0.25) is 0 Å². The van der Waals surface area contributed by atoms with Crippen LogP contribution < -0.4 is 0 Å². The average molecular weight is 399 g/mol. The molecule has 28 heavy (non-hydrogen) atoms. The molecule has 0 unspecified atom stereocenters. The molecule has 0 N–H and O–H groups in total. The number of amides is 1. The molecule has 0 bridgehead atoms. The highest BCUT2D eigenvalue weighted by Gasteiger charge is 2.48. The average Bonchev–Trinajstić information content (AvgIpc) is 3.34. The van der Waals surface area contributed by atoms with Crippen LogP contribution in [0.5, 0.6) is 0 Å². The number of pyridine rings is 1. The number of hydrogen-bond acceptors (Lipinski definition) is 5. The van der Waals surface area contributed by atoms with Crippen molar-refractivity contribution in [3.8, 4) is 0 Å². The van der Waals surface area contributed by atoms with E-state index in [2.05, 4.69) is 53.3 Å². The second-order valence-electron chi connectivity index (χ2n) is 7.76. The second-order valence-corrected chi connectivity index (χ2v) is 7.76. The Morgan fingerprint density at radius 2 is 1.96 bits per heavy atom. The summed E-state index contributed by atoms with van der Waals surface area (Å²) in [6.45, 7) is 4.68. The number of fused-ring (bicyclic) bond motifs is 2. The summed E-state index contributed by atoms with van der Waals surface area (Å²) in [7, 11) is 2.19. The van der Waals surface area contributed by atoms with E-state index in [-0.39, 0.29) is 18.3 Å². The minimum atomic E-state index is -0.0777. The molecular formula is C21H23ClN4O2. The number of carbonyl (C=O) groups is 1. The normalized spacial score (nSPS) is 24.4. The predicted octanol–water partition coefficient (Wildman–Crippen LogP) is 3.33. The summed E-state index contributed by atoms with van der Waals surface area (Å²) in [5, 5.41) is 4.61. The van der Waals surface area contributed by atoms with Gasteiger partial charge in [-0.15, -0.1) is 12.4 Å². The van der Waals surface area contributed by atoms with Crippen LogP contribution in [-0.4, -0.2) is 52.5 Å². The maximum Gasteiger partial charge on any atom is 0.293 e. The molecule has 0 saturated carbocycles. The fourth-order valence-electron chi connectivity index (χ4n) is 4.89. The van der Waals surface area contributed by atoms with Crippen LogP contribution in [0, 0.1) is 18.8 Å². The summed E-state index contributed by atoms with van der Waals surface area (Å²) in [5.41, 5.74) is 3.17. The van der Waals surface area contributed by atoms with E-state index >= 15 is 0 Å². The second kappa shape index (κ2) is 7.18. The van der Waals surface area contributed by atoms with Crippen molar-refractivity contribution in [2.24, 2.45) is 11.8 Å². The summed E-state index contributed by atoms with van der Waals surface area (Å²) in [6.07, 6.45) is 1.65. The minimum absolute atomic E-state index is 0. The first kappa shape index (κ1) is 18.9. The number of likely N-dealkylation sites (tertiary alicyclic amines) is 2. The van der Waals surface area contributed by atoms with Gasteiger partial charge in [0.2, 0.25) is 11.4 Å². The van der Waals surface area contributed by atoms with E-state index in [1.54, 1.807) is 12.3 Å². The van der Waals surface area contributed by atoms with E-state index in [4.69, 9.17) is 4.52 Å². The molecule has 1 aromatic carbocycles. The predicted molar refractivity (Wildman–Crippen MR) is 108 cm³/mol. The summed E-state index contributed by atoms with van der Waals surface area (Å²) >= 11 is 0. The molecule has 2 saturated heterocycles. The van der Waals surface area contributed by atoms with Crippen LogP contribution in [0.15, 0.2) is 47.1 Å². The Balaban J connectivity index is 0.00000192. The quantitative estimate of drug-likeness (QED) is 0.662. The van der Waals surface area contributed by atoms with E-state index in [0.29, 0.717) is 34.7 Å². The number of aromatic nitrogens is 2. The van der Waals surface area contributed by atoms with Crippen LogP contribution in [0.4, 0.5) is 0 Å². The Morgan fingerprint density at radius 3 is 2.79 bits per heavy atom. The molecule has 5 rings (SSSR count). The first-order valence-electron chi connectivity index (χ1n) is 9.39. The topological polar surface area (TPSA) is 62.5 Å². The first-order chi connectivity index (χ1) is 13.1. The molecule has 2 aliphatic heterocycles. The third kappa shape index (κ3) is 2.88. The molecule has 2 aliphatic rings. The third-order valence-electron chi connectivity index (χ3n) is 6.14. The number of halogens is 1. The van der Waals surface area contributed by atoms with E-state index in [1.807, 2.05) is 11.0 Å². The molecule has 2 aromatic heterocycles. The molecule has 0 spiro atoms. The summed E-state index contributed by atoms with van der Waals surface area (Å²) in [6, 6.07) is 12.6. The maximum absolute atomic E-state index is 13.1. The van der Waals surface area contributed by atoms with Gasteiger partial charge in [0.15, 0.2) is 0 Å². The number of rotatable bonds is 2. The van der Waals surface area contributed by atoms with Crippen molar-refractivity contribution in [1.82, 2.24) is 19.9 Å². The fourth-order valence-corrected chi connectivity index (χ4v) is 4.89. The maximum atomic E-state index is 13.1. The number of nitrogens with zero attached hydrogens (tertiary/aromatic N) is 4. The van der Waals surface area contributed by atoms with E-state index < -0.39 is 0 Å². The van der Waals surface area contributed by atoms with Crippen LogP contribution in [0.3, 0.4) is 0 Å². The lowest BCUT2D eigenvalue weighted by Gasteiger charge is -2.27. The standard InChI is InChI=1S/C21H22N4O2.ClH/c1-13-6-3-4-7-15(13)18-17-12-25(11-14(17)10-24(18)2)21(26)19-16-8-5-9-22-20(16)23-27-19;/h3-9,14,17-18H,10-12H2,1-2H3;1H/t14-,17+,18-;/m0./s1. The van der Waals surface area contributed by atoms with Crippen molar-refractivity contribution in [3.05, 3.63) is 59.5 Å². The third-order valence-corrected chi connectivity index (χ3v) is 6.14. The van der Waals surface area contributed by atoms with Gasteiger partial charge < -0.3 is 9.42 Å². The van der Waals surface area contributed by atoms with Gasteiger partial charge in [0.25, 0.3) is 5.91 Å². The van der Waals surface area contributed by atoms with E-state index in [0.717, 1.165) is 19.6 Å². The summed E-state index contributed by atoms with van der Waals surface area (Å²) in [4.78, 5) is 21.6. The fraction of sp³-hybridized carbons (Fsp3) is 0.381. The molecule has 1 amide bonds. The zero-order chi connectivity index (χ0) is 18.5. The highest BCUT2D eigenvalue weighted by Crippen LogP contribution is 2.45. The summed E-state index contributed by atoms with van der Waals surface area (Å²) < 4.78 is 5.35. The SMILES string of the molecule is Cc1ccccc1[C@H]1[C@@H]2CN(C(=O)c3onc4ncccc34)C[C@@H]2CN1C.Cl. The van der Waals surface area contributed by atoms with Crippen molar-refractivity contribution in [1.29, 1.82) is 0 Å². The largest absolute Gasteiger partial charge is 0.348 e. The Kier molecular flexibility index (Phi) is 4.85. The monoisotopic (exact) mass is 398 g/mol. The zero-order valence-corrected chi connectivity index (χ0v) is 16.7. The van der Waals surface area contributed by atoms with Crippen molar-refractivity contribution >= 4 is 29.3 Å². The lowest BCUT2D eigenvalue weighted by molar-refractivity contribution is 0.0729. The molecule has 4 heterocycles. The van der Waals surface area contributed by atoms with Crippen molar-refractivity contribution in [2.45, 2.75) is 13.0 Å². The zero-order valence-electron chi connectivity index (χ0n) is 15.9. The molecule has 3 aromatic rings. The van der Waals surface area contributed by atoms with Gasteiger partial charge in [-0.25, -0.2) is 4.98 Å². The highest BCUT2D eigenvalue weighted by molar-refractivity contribution is 6.02. The van der Waals surface area contributed by atoms with Gasteiger partial charge in [-0.3, -0.25) is 9.69 Å². The lowest BCUT2D eigenvalue weighted by atomic mass is 9.88. The van der Waals surface area contributed by atoms with Gasteiger partial charge in [-0.2, -0.15) is 0 Å². The number of aryl methyl sites for hydroxylation is 1. The first-order valence-corrected chi connectivity index (χ1v) is 9.39. The molecular weight excluding hydrogens is 376 g/mol. The van der Waals surface area contributed by atoms with Gasteiger partial charge >= 0.3 is 0 Å². The smallest absolute Gasteiger partial charge is 0.293 e. The number of benzene rings is 1. The molecule has 146 valence electrons. The highest BCUT2D eigenvalue weighted by atomic mass is 35.5. The van der Waals surface area contributed by atoms with Crippen LogP contribution >= 0.6 is 12.4 Å². The Hall–Kier alpha value is -2.44. The Bertz CT molecular complexity index is 1020. The molecule has 6 nitrogen and oxygen atoms in total. The molecule has 2 fully saturated rings. The minimum Gasteiger partial charge on any atom is -0.348 e. The van der Waals surface area contributed by atoms with Gasteiger partial charge in [0, 0.05) is 37.8 Å². The Labute approximate surface area is 169 Å².